The van der Waals surface area contributed by atoms with Gasteiger partial charge in [0.15, 0.2) is 0 Å². The van der Waals surface area contributed by atoms with Crippen LogP contribution in [0.5, 0.6) is 0 Å². The fraction of sp³-hybridized carbons (Fsp3) is 0.727. The third kappa shape index (κ3) is 3.14. The molecule has 1 aromatic rings. The van der Waals surface area contributed by atoms with Crippen LogP contribution in [0.15, 0.2) is 12.4 Å². The van der Waals surface area contributed by atoms with Crippen LogP contribution in [0.2, 0.25) is 0 Å². The maximum atomic E-state index is 4.16. The number of hydrogen-bond donors (Lipinski definition) is 1. The zero-order valence-corrected chi connectivity index (χ0v) is 9.62. The first-order valence-electron chi connectivity index (χ1n) is 5.35. The van der Waals surface area contributed by atoms with Crippen molar-refractivity contribution in [1.29, 1.82) is 0 Å². The van der Waals surface area contributed by atoms with Crippen molar-refractivity contribution in [3.05, 3.63) is 18.0 Å². The normalized spacial score (nSPS) is 15.4. The lowest BCUT2D eigenvalue weighted by molar-refractivity contribution is 0.461. The molecule has 2 atom stereocenters. The van der Waals surface area contributed by atoms with E-state index in [4.69, 9.17) is 0 Å². The van der Waals surface area contributed by atoms with E-state index in [0.717, 1.165) is 12.5 Å². The van der Waals surface area contributed by atoms with Gasteiger partial charge in [-0.2, -0.15) is 5.10 Å². The molecule has 1 rings (SSSR count). The molecule has 0 amide bonds. The van der Waals surface area contributed by atoms with Gasteiger partial charge in [0.2, 0.25) is 0 Å². The Balaban J connectivity index is 2.39. The summed E-state index contributed by atoms with van der Waals surface area (Å²) in [5.74, 6) is 0.745. The average molecular weight is 195 g/mol. The number of rotatable bonds is 5. The zero-order valence-electron chi connectivity index (χ0n) is 9.62. The fourth-order valence-electron chi connectivity index (χ4n) is 1.30. The Bertz CT molecular complexity index is 267. The van der Waals surface area contributed by atoms with Gasteiger partial charge in [-0.3, -0.25) is 4.68 Å². The number of aromatic nitrogens is 2. The summed E-state index contributed by atoms with van der Waals surface area (Å²) in [4.78, 5) is 0. The SMILES string of the molecule is CCC(C)CNC(C)c1cnn(C)c1. The standard InChI is InChI=1S/C11H21N3/c1-5-9(2)6-12-10(3)11-7-13-14(4)8-11/h7-10,12H,5-6H2,1-4H3. The van der Waals surface area contributed by atoms with Gasteiger partial charge >= 0.3 is 0 Å². The highest BCUT2D eigenvalue weighted by Crippen LogP contribution is 2.11. The van der Waals surface area contributed by atoms with Gasteiger partial charge in [0.1, 0.15) is 0 Å². The molecule has 0 aromatic carbocycles. The van der Waals surface area contributed by atoms with E-state index < -0.39 is 0 Å². The number of aryl methyl sites for hydroxylation is 1. The Morgan fingerprint density at radius 3 is 2.71 bits per heavy atom. The Kier molecular flexibility index (Phi) is 4.14. The van der Waals surface area contributed by atoms with Gasteiger partial charge in [-0.25, -0.2) is 0 Å². The summed E-state index contributed by atoms with van der Waals surface area (Å²) in [6, 6.07) is 0.401. The molecular weight excluding hydrogens is 174 g/mol. The molecule has 80 valence electrons. The van der Waals surface area contributed by atoms with Crippen molar-refractivity contribution in [3.63, 3.8) is 0 Å². The van der Waals surface area contributed by atoms with Gasteiger partial charge < -0.3 is 5.32 Å². The van der Waals surface area contributed by atoms with E-state index in [1.54, 1.807) is 0 Å². The largest absolute Gasteiger partial charge is 0.310 e. The molecule has 3 heteroatoms. The molecule has 0 aliphatic carbocycles. The molecule has 0 spiro atoms. The highest BCUT2D eigenvalue weighted by atomic mass is 15.2. The maximum absolute atomic E-state index is 4.16. The molecule has 0 aliphatic heterocycles. The minimum atomic E-state index is 0.401. The second-order valence-electron chi connectivity index (χ2n) is 4.09. The van der Waals surface area contributed by atoms with Gasteiger partial charge in [-0.05, 0) is 19.4 Å². The smallest absolute Gasteiger partial charge is 0.0537 e. The van der Waals surface area contributed by atoms with Crippen molar-refractivity contribution in [1.82, 2.24) is 15.1 Å². The van der Waals surface area contributed by atoms with E-state index in [-0.39, 0.29) is 0 Å². The molecular formula is C11H21N3. The molecule has 0 fully saturated rings. The van der Waals surface area contributed by atoms with E-state index in [0.29, 0.717) is 6.04 Å². The van der Waals surface area contributed by atoms with Gasteiger partial charge in [0, 0.05) is 24.8 Å². The van der Waals surface area contributed by atoms with E-state index >= 15 is 0 Å². The topological polar surface area (TPSA) is 29.9 Å². The van der Waals surface area contributed by atoms with Crippen molar-refractivity contribution in [2.24, 2.45) is 13.0 Å². The monoisotopic (exact) mass is 195 g/mol. The Labute approximate surface area is 86.5 Å². The Morgan fingerprint density at radius 1 is 1.50 bits per heavy atom. The van der Waals surface area contributed by atoms with Crippen LogP contribution in [-0.2, 0) is 7.05 Å². The third-order valence-electron chi connectivity index (χ3n) is 2.69. The summed E-state index contributed by atoms with van der Waals surface area (Å²) in [6.07, 6.45) is 5.22. The molecule has 0 bridgehead atoms. The molecule has 2 unspecified atom stereocenters. The average Bonchev–Trinajstić information content (AvgIpc) is 2.60. The summed E-state index contributed by atoms with van der Waals surface area (Å²) >= 11 is 0. The molecule has 0 aliphatic rings. The lowest BCUT2D eigenvalue weighted by atomic mass is 10.1. The second-order valence-corrected chi connectivity index (χ2v) is 4.09. The van der Waals surface area contributed by atoms with Gasteiger partial charge in [0.05, 0.1) is 6.20 Å². The summed E-state index contributed by atoms with van der Waals surface area (Å²) in [7, 11) is 1.95. The van der Waals surface area contributed by atoms with Crippen LogP contribution in [0.25, 0.3) is 0 Å². The fourth-order valence-corrected chi connectivity index (χ4v) is 1.30. The van der Waals surface area contributed by atoms with Crippen LogP contribution in [0.3, 0.4) is 0 Å². The lowest BCUT2D eigenvalue weighted by Gasteiger charge is -2.15. The zero-order chi connectivity index (χ0) is 10.6. The lowest BCUT2D eigenvalue weighted by Crippen LogP contribution is -2.23. The highest BCUT2D eigenvalue weighted by molar-refractivity contribution is 5.08. The van der Waals surface area contributed by atoms with E-state index in [1.807, 2.05) is 17.9 Å². The van der Waals surface area contributed by atoms with Crippen molar-refractivity contribution >= 4 is 0 Å². The number of nitrogens with zero attached hydrogens (tertiary/aromatic N) is 2. The summed E-state index contributed by atoms with van der Waals surface area (Å²) in [5, 5.41) is 7.67. The summed E-state index contributed by atoms with van der Waals surface area (Å²) in [6.45, 7) is 7.75. The Morgan fingerprint density at radius 2 is 2.21 bits per heavy atom. The summed E-state index contributed by atoms with van der Waals surface area (Å²) < 4.78 is 1.84. The molecule has 0 saturated carbocycles. The van der Waals surface area contributed by atoms with Crippen LogP contribution in [0.4, 0.5) is 0 Å². The first-order valence-corrected chi connectivity index (χ1v) is 5.35. The van der Waals surface area contributed by atoms with E-state index in [1.165, 1.54) is 12.0 Å². The van der Waals surface area contributed by atoms with Gasteiger partial charge in [0.25, 0.3) is 0 Å². The predicted octanol–water partition coefficient (Wildman–Crippen LogP) is 2.12. The minimum absolute atomic E-state index is 0.401. The third-order valence-corrected chi connectivity index (χ3v) is 2.69. The number of hydrogen-bond acceptors (Lipinski definition) is 2. The molecule has 0 saturated heterocycles. The molecule has 3 nitrogen and oxygen atoms in total. The van der Waals surface area contributed by atoms with Crippen LogP contribution in [-0.4, -0.2) is 16.3 Å². The molecule has 1 aromatic heterocycles. The molecule has 0 radical (unpaired) electrons. The molecule has 1 N–H and O–H groups in total. The minimum Gasteiger partial charge on any atom is -0.310 e. The van der Waals surface area contributed by atoms with Crippen molar-refractivity contribution in [3.8, 4) is 0 Å². The van der Waals surface area contributed by atoms with Crippen LogP contribution < -0.4 is 5.32 Å². The van der Waals surface area contributed by atoms with E-state index in [2.05, 4.69) is 37.4 Å². The molecule has 14 heavy (non-hydrogen) atoms. The highest BCUT2D eigenvalue weighted by Gasteiger charge is 2.07. The first kappa shape index (κ1) is 11.2. The van der Waals surface area contributed by atoms with Crippen LogP contribution in [0.1, 0.15) is 38.8 Å². The first-order chi connectivity index (χ1) is 6.63. The maximum Gasteiger partial charge on any atom is 0.0537 e. The summed E-state index contributed by atoms with van der Waals surface area (Å²) in [5.41, 5.74) is 1.26. The second kappa shape index (κ2) is 5.15. The van der Waals surface area contributed by atoms with Gasteiger partial charge in [-0.1, -0.05) is 20.3 Å². The number of nitrogens with one attached hydrogen (secondary N) is 1. The van der Waals surface area contributed by atoms with E-state index in [9.17, 15) is 0 Å². The van der Waals surface area contributed by atoms with Crippen molar-refractivity contribution < 1.29 is 0 Å². The van der Waals surface area contributed by atoms with Gasteiger partial charge in [-0.15, -0.1) is 0 Å². The quantitative estimate of drug-likeness (QED) is 0.780. The molecule has 1 heterocycles. The van der Waals surface area contributed by atoms with Crippen molar-refractivity contribution in [2.45, 2.75) is 33.2 Å². The van der Waals surface area contributed by atoms with Crippen LogP contribution in [0, 0.1) is 5.92 Å². The van der Waals surface area contributed by atoms with Crippen molar-refractivity contribution in [2.75, 3.05) is 6.54 Å². The Hall–Kier alpha value is -0.830. The van der Waals surface area contributed by atoms with Crippen LogP contribution >= 0.6 is 0 Å². The predicted molar refractivity (Wildman–Crippen MR) is 59.1 cm³/mol.